The average molecular weight is 389 g/mol. The number of hydrogen-bond acceptors (Lipinski definition) is 3. The van der Waals surface area contributed by atoms with Crippen LogP contribution in [0.2, 0.25) is 0 Å². The van der Waals surface area contributed by atoms with E-state index in [4.69, 9.17) is 0 Å². The Hall–Kier alpha value is -0.250. The second kappa shape index (κ2) is 6.73. The Balaban J connectivity index is 1.30. The zero-order chi connectivity index (χ0) is 17.0. The topological polar surface area (TPSA) is 0 Å². The maximum atomic E-state index is 2.47. The number of thiophene rings is 2. The molecule has 0 radical (unpaired) electrons. The first-order valence-electron chi connectivity index (χ1n) is 9.99. The van der Waals surface area contributed by atoms with Crippen molar-refractivity contribution < 1.29 is 0 Å². The fraction of sp³-hybridized carbons (Fsp3) is 0.636. The third kappa shape index (κ3) is 3.15. The summed E-state index contributed by atoms with van der Waals surface area (Å²) >= 11 is 6.40. The lowest BCUT2D eigenvalue weighted by Crippen LogP contribution is -2.30. The van der Waals surface area contributed by atoms with Crippen LogP contribution >= 0.6 is 34.4 Å². The van der Waals surface area contributed by atoms with Crippen molar-refractivity contribution in [1.29, 1.82) is 0 Å². The summed E-state index contributed by atoms with van der Waals surface area (Å²) in [7, 11) is 0. The van der Waals surface area contributed by atoms with Crippen molar-refractivity contribution in [1.82, 2.24) is 0 Å². The van der Waals surface area contributed by atoms with Crippen molar-refractivity contribution in [2.75, 3.05) is 0 Å². The Bertz CT molecular complexity index is 742. The van der Waals surface area contributed by atoms with Gasteiger partial charge >= 0.3 is 0 Å². The number of hydrogen-bond donors (Lipinski definition) is 0. The molecule has 0 N–H and O–H groups in total. The summed E-state index contributed by atoms with van der Waals surface area (Å²) in [6.45, 7) is 4.68. The maximum absolute atomic E-state index is 2.47. The molecule has 25 heavy (non-hydrogen) atoms. The third-order valence-electron chi connectivity index (χ3n) is 6.86. The summed E-state index contributed by atoms with van der Waals surface area (Å²) in [6.07, 6.45) is 8.87. The fourth-order valence-electron chi connectivity index (χ4n) is 5.55. The van der Waals surface area contributed by atoms with E-state index in [0.29, 0.717) is 0 Å². The predicted octanol–water partition coefficient (Wildman–Crippen LogP) is 7.59. The lowest BCUT2D eigenvalue weighted by Gasteiger charge is -2.35. The van der Waals surface area contributed by atoms with Gasteiger partial charge in [0, 0.05) is 30.0 Å². The van der Waals surface area contributed by atoms with E-state index in [1.807, 2.05) is 11.3 Å². The van der Waals surface area contributed by atoms with Crippen LogP contribution in [0.1, 0.15) is 61.1 Å². The normalized spacial score (nSPS) is 37.7. The second-order valence-electron chi connectivity index (χ2n) is 8.58. The Morgan fingerprint density at radius 2 is 1.52 bits per heavy atom. The van der Waals surface area contributed by atoms with Crippen LogP contribution in [-0.4, -0.2) is 10.5 Å². The molecular weight excluding hydrogens is 360 g/mol. The number of rotatable bonds is 2. The first kappa shape index (κ1) is 16.9. The van der Waals surface area contributed by atoms with E-state index >= 15 is 0 Å². The standard InChI is InChI=1S/C22H28S3/c1-13-3-6-16-17-7-5-15(12-22(17)25-21(16)11-13)18-9-10-20(24-18)19-8-4-14(2)23-19/h4,8-10,13,15-17,21-22H,3,5-7,11-12H2,1-2H3. The van der Waals surface area contributed by atoms with E-state index in [2.05, 4.69) is 61.2 Å². The smallest absolute Gasteiger partial charge is 0.0445 e. The molecule has 3 heteroatoms. The summed E-state index contributed by atoms with van der Waals surface area (Å²) in [4.78, 5) is 6.02. The minimum atomic E-state index is 0.825. The van der Waals surface area contributed by atoms with Crippen LogP contribution in [-0.2, 0) is 0 Å². The Kier molecular flexibility index (Phi) is 4.54. The van der Waals surface area contributed by atoms with Gasteiger partial charge < -0.3 is 0 Å². The molecule has 1 saturated heterocycles. The maximum Gasteiger partial charge on any atom is 0.0445 e. The van der Waals surface area contributed by atoms with Gasteiger partial charge in [-0.1, -0.05) is 13.3 Å². The molecule has 0 bridgehead atoms. The first-order chi connectivity index (χ1) is 12.2. The van der Waals surface area contributed by atoms with Crippen LogP contribution in [0.25, 0.3) is 9.75 Å². The molecule has 1 aliphatic heterocycles. The van der Waals surface area contributed by atoms with Gasteiger partial charge in [0.25, 0.3) is 0 Å². The minimum Gasteiger partial charge on any atom is -0.155 e. The van der Waals surface area contributed by atoms with Gasteiger partial charge in [0.05, 0.1) is 0 Å². The molecular formula is C22H28S3. The largest absolute Gasteiger partial charge is 0.155 e. The number of aryl methyl sites for hydroxylation is 1. The van der Waals surface area contributed by atoms with Crippen molar-refractivity contribution in [2.24, 2.45) is 17.8 Å². The summed E-state index contributed by atoms with van der Waals surface area (Å²) in [5.41, 5.74) is 0. The van der Waals surface area contributed by atoms with Crippen molar-refractivity contribution in [3.05, 3.63) is 34.0 Å². The van der Waals surface area contributed by atoms with Crippen LogP contribution in [0.4, 0.5) is 0 Å². The van der Waals surface area contributed by atoms with Gasteiger partial charge in [0.1, 0.15) is 0 Å². The summed E-state index contributed by atoms with van der Waals surface area (Å²) in [5.74, 6) is 3.89. The zero-order valence-electron chi connectivity index (χ0n) is 15.2. The van der Waals surface area contributed by atoms with E-state index in [0.717, 1.165) is 34.2 Å². The lowest BCUT2D eigenvalue weighted by atomic mass is 9.69. The highest BCUT2D eigenvalue weighted by Gasteiger charge is 2.48. The minimum absolute atomic E-state index is 0.825. The molecule has 2 aromatic rings. The molecule has 3 heterocycles. The molecule has 0 amide bonds. The molecule has 0 nitrogen and oxygen atoms in total. The first-order valence-corrected chi connectivity index (χ1v) is 12.6. The van der Waals surface area contributed by atoms with Gasteiger partial charge in [-0.3, -0.25) is 0 Å². The zero-order valence-corrected chi connectivity index (χ0v) is 17.7. The van der Waals surface area contributed by atoms with Crippen molar-refractivity contribution in [3.63, 3.8) is 0 Å². The summed E-state index contributed by atoms with van der Waals surface area (Å²) < 4.78 is 0. The lowest BCUT2D eigenvalue weighted by molar-refractivity contribution is 0.198. The summed E-state index contributed by atoms with van der Waals surface area (Å²) in [6, 6.07) is 9.36. The van der Waals surface area contributed by atoms with Crippen molar-refractivity contribution in [3.8, 4) is 9.75 Å². The second-order valence-corrected chi connectivity index (χ2v) is 12.5. The average Bonchev–Trinajstić information content (AvgIpc) is 3.30. The van der Waals surface area contributed by atoms with E-state index in [1.165, 1.54) is 53.2 Å². The molecule has 6 atom stereocenters. The molecule has 5 rings (SSSR count). The van der Waals surface area contributed by atoms with Crippen LogP contribution in [0, 0.1) is 24.7 Å². The monoisotopic (exact) mass is 388 g/mol. The van der Waals surface area contributed by atoms with E-state index < -0.39 is 0 Å². The quantitative estimate of drug-likeness (QED) is 0.510. The van der Waals surface area contributed by atoms with Gasteiger partial charge in [-0.05, 0) is 87.0 Å². The molecule has 3 aliphatic rings. The molecule has 0 aromatic carbocycles. The summed E-state index contributed by atoms with van der Waals surface area (Å²) in [5, 5.41) is 1.94. The number of fused-ring (bicyclic) bond motifs is 3. The van der Waals surface area contributed by atoms with Crippen molar-refractivity contribution in [2.45, 2.75) is 68.8 Å². The van der Waals surface area contributed by atoms with Gasteiger partial charge in [0.15, 0.2) is 0 Å². The van der Waals surface area contributed by atoms with E-state index in [-0.39, 0.29) is 0 Å². The Morgan fingerprint density at radius 1 is 0.800 bits per heavy atom. The Morgan fingerprint density at radius 3 is 2.32 bits per heavy atom. The third-order valence-corrected chi connectivity index (χ3v) is 11.1. The van der Waals surface area contributed by atoms with E-state index in [1.54, 1.807) is 4.88 Å². The fourth-order valence-corrected chi connectivity index (χ4v) is 9.98. The van der Waals surface area contributed by atoms with Gasteiger partial charge in [-0.15, -0.1) is 22.7 Å². The molecule has 134 valence electrons. The molecule has 0 spiro atoms. The number of thioether (sulfide) groups is 1. The van der Waals surface area contributed by atoms with Gasteiger partial charge in [-0.25, -0.2) is 0 Å². The van der Waals surface area contributed by atoms with Crippen LogP contribution < -0.4 is 0 Å². The molecule has 2 saturated carbocycles. The predicted molar refractivity (Wildman–Crippen MR) is 114 cm³/mol. The Labute approximate surface area is 164 Å². The highest BCUT2D eigenvalue weighted by atomic mass is 32.2. The van der Waals surface area contributed by atoms with Gasteiger partial charge in [-0.2, -0.15) is 11.8 Å². The molecule has 3 fully saturated rings. The van der Waals surface area contributed by atoms with Crippen LogP contribution in [0.5, 0.6) is 0 Å². The van der Waals surface area contributed by atoms with E-state index in [9.17, 15) is 0 Å². The van der Waals surface area contributed by atoms with Crippen LogP contribution in [0.3, 0.4) is 0 Å². The molecule has 2 aliphatic carbocycles. The highest BCUT2D eigenvalue weighted by molar-refractivity contribution is 8.00. The highest BCUT2D eigenvalue weighted by Crippen LogP contribution is 2.58. The van der Waals surface area contributed by atoms with Gasteiger partial charge in [0.2, 0.25) is 0 Å². The van der Waals surface area contributed by atoms with Crippen molar-refractivity contribution >= 4 is 34.4 Å². The molecule has 2 aromatic heterocycles. The SMILES string of the molecule is Cc1ccc(-c2ccc(C3CCC4C(C3)SC3CC(C)CCC34)s2)s1. The van der Waals surface area contributed by atoms with Crippen LogP contribution in [0.15, 0.2) is 24.3 Å². The molecule has 6 unspecified atom stereocenters.